The molecule has 0 aliphatic carbocycles. The van der Waals surface area contributed by atoms with E-state index in [-0.39, 0.29) is 0 Å². The number of carbonyl (C=O) groups excluding carboxylic acids is 1. The number of hydrogen-bond acceptors (Lipinski definition) is 3. The second-order valence-corrected chi connectivity index (χ2v) is 4.05. The first-order valence-corrected chi connectivity index (χ1v) is 5.97. The molecule has 1 N–H and O–H groups in total. The minimum absolute atomic E-state index is 0.298. The Morgan fingerprint density at radius 3 is 2.94 bits per heavy atom. The van der Waals surface area contributed by atoms with Crippen molar-refractivity contribution in [2.24, 2.45) is 0 Å². The molecule has 1 aromatic rings. The van der Waals surface area contributed by atoms with E-state index in [1.807, 2.05) is 18.2 Å². The van der Waals surface area contributed by atoms with Gasteiger partial charge < -0.3 is 14.8 Å². The maximum Gasteiger partial charge on any atom is 0.412 e. The standard InChI is InChI=1S/C13H17NO3/c15-13(17-12-5-2-1-3-6-12)14-9-8-11-7-4-10-16-11/h1-3,5-6,11H,4,7-10H2,(H,14,15). The minimum atomic E-state index is -0.408. The number of nitrogens with one attached hydrogen (secondary N) is 1. The zero-order valence-corrected chi connectivity index (χ0v) is 9.72. The van der Waals surface area contributed by atoms with Crippen LogP contribution in [0, 0.1) is 0 Å². The third-order valence-corrected chi connectivity index (χ3v) is 2.71. The monoisotopic (exact) mass is 235 g/mol. The molecular formula is C13H17NO3. The van der Waals surface area contributed by atoms with Crippen LogP contribution in [-0.4, -0.2) is 25.3 Å². The van der Waals surface area contributed by atoms with E-state index in [0.717, 1.165) is 25.9 Å². The summed E-state index contributed by atoms with van der Waals surface area (Å²) >= 11 is 0. The molecule has 4 nitrogen and oxygen atoms in total. The van der Waals surface area contributed by atoms with E-state index in [9.17, 15) is 4.79 Å². The van der Waals surface area contributed by atoms with Crippen molar-refractivity contribution in [3.05, 3.63) is 30.3 Å². The van der Waals surface area contributed by atoms with Crippen LogP contribution in [0.15, 0.2) is 30.3 Å². The zero-order chi connectivity index (χ0) is 11.9. The third kappa shape index (κ3) is 4.07. The number of ether oxygens (including phenoxy) is 2. The van der Waals surface area contributed by atoms with Crippen LogP contribution in [0.3, 0.4) is 0 Å². The van der Waals surface area contributed by atoms with Gasteiger partial charge in [0.25, 0.3) is 0 Å². The Labute approximate surface area is 101 Å². The van der Waals surface area contributed by atoms with Crippen LogP contribution in [0.1, 0.15) is 19.3 Å². The smallest absolute Gasteiger partial charge is 0.410 e. The first-order valence-electron chi connectivity index (χ1n) is 5.97. The molecule has 1 aliphatic rings. The van der Waals surface area contributed by atoms with Gasteiger partial charge in [0, 0.05) is 13.2 Å². The van der Waals surface area contributed by atoms with Crippen molar-refractivity contribution in [2.45, 2.75) is 25.4 Å². The van der Waals surface area contributed by atoms with E-state index >= 15 is 0 Å². The molecule has 92 valence electrons. The topological polar surface area (TPSA) is 47.6 Å². The Morgan fingerprint density at radius 2 is 2.24 bits per heavy atom. The van der Waals surface area contributed by atoms with Crippen molar-refractivity contribution < 1.29 is 14.3 Å². The molecule has 17 heavy (non-hydrogen) atoms. The molecular weight excluding hydrogens is 218 g/mol. The van der Waals surface area contributed by atoms with Crippen LogP contribution in [0.25, 0.3) is 0 Å². The maximum atomic E-state index is 11.4. The summed E-state index contributed by atoms with van der Waals surface area (Å²) in [7, 11) is 0. The van der Waals surface area contributed by atoms with Crippen molar-refractivity contribution in [3.63, 3.8) is 0 Å². The van der Waals surface area contributed by atoms with Gasteiger partial charge in [-0.3, -0.25) is 0 Å². The van der Waals surface area contributed by atoms with Gasteiger partial charge in [0.2, 0.25) is 0 Å². The van der Waals surface area contributed by atoms with Crippen molar-refractivity contribution in [2.75, 3.05) is 13.2 Å². The van der Waals surface area contributed by atoms with Gasteiger partial charge in [-0.1, -0.05) is 18.2 Å². The summed E-state index contributed by atoms with van der Waals surface area (Å²) in [5.74, 6) is 0.558. The average Bonchev–Trinajstić information content (AvgIpc) is 2.83. The van der Waals surface area contributed by atoms with E-state index in [1.54, 1.807) is 12.1 Å². The fraction of sp³-hybridized carbons (Fsp3) is 0.462. The van der Waals surface area contributed by atoms with Gasteiger partial charge >= 0.3 is 6.09 Å². The summed E-state index contributed by atoms with van der Waals surface area (Å²) in [6.07, 6.45) is 2.96. The van der Waals surface area contributed by atoms with Gasteiger partial charge in [0.05, 0.1) is 6.10 Å². The first kappa shape index (κ1) is 11.9. The summed E-state index contributed by atoms with van der Waals surface area (Å²) in [5.41, 5.74) is 0. The summed E-state index contributed by atoms with van der Waals surface area (Å²) in [6.45, 7) is 1.44. The van der Waals surface area contributed by atoms with Gasteiger partial charge in [0.1, 0.15) is 5.75 Å². The highest BCUT2D eigenvalue weighted by Gasteiger charge is 2.15. The van der Waals surface area contributed by atoms with Gasteiger partial charge in [-0.05, 0) is 31.4 Å². The van der Waals surface area contributed by atoms with E-state index in [1.165, 1.54) is 0 Å². The molecule has 0 spiro atoms. The third-order valence-electron chi connectivity index (χ3n) is 2.71. The fourth-order valence-electron chi connectivity index (χ4n) is 1.84. The van der Waals surface area contributed by atoms with Crippen LogP contribution in [0.2, 0.25) is 0 Å². The fourth-order valence-corrected chi connectivity index (χ4v) is 1.84. The second kappa shape index (κ2) is 6.25. The molecule has 1 atom stereocenters. The highest BCUT2D eigenvalue weighted by molar-refractivity contribution is 5.70. The number of hydrogen-bond donors (Lipinski definition) is 1. The van der Waals surface area contributed by atoms with Gasteiger partial charge in [-0.15, -0.1) is 0 Å². The molecule has 2 rings (SSSR count). The Hall–Kier alpha value is -1.55. The van der Waals surface area contributed by atoms with Crippen LogP contribution < -0.4 is 10.1 Å². The largest absolute Gasteiger partial charge is 0.412 e. The van der Waals surface area contributed by atoms with E-state index in [0.29, 0.717) is 18.4 Å². The summed E-state index contributed by atoms with van der Waals surface area (Å²) in [5, 5.41) is 2.72. The summed E-state index contributed by atoms with van der Waals surface area (Å²) in [6, 6.07) is 9.03. The maximum absolute atomic E-state index is 11.4. The lowest BCUT2D eigenvalue weighted by atomic mass is 10.2. The molecule has 1 aliphatic heterocycles. The molecule has 0 saturated carbocycles. The molecule has 1 heterocycles. The molecule has 0 radical (unpaired) electrons. The predicted molar refractivity (Wildman–Crippen MR) is 64.1 cm³/mol. The average molecular weight is 235 g/mol. The molecule has 0 bridgehead atoms. The van der Waals surface area contributed by atoms with Gasteiger partial charge in [-0.25, -0.2) is 4.79 Å². The normalized spacial score (nSPS) is 18.9. The van der Waals surface area contributed by atoms with Crippen molar-refractivity contribution in [3.8, 4) is 5.75 Å². The van der Waals surface area contributed by atoms with Crippen molar-refractivity contribution >= 4 is 6.09 Å². The lowest BCUT2D eigenvalue weighted by molar-refractivity contribution is 0.104. The quantitative estimate of drug-likeness (QED) is 0.871. The van der Waals surface area contributed by atoms with Crippen LogP contribution in [-0.2, 0) is 4.74 Å². The van der Waals surface area contributed by atoms with Crippen LogP contribution >= 0.6 is 0 Å². The SMILES string of the molecule is O=C(NCCC1CCCO1)Oc1ccccc1. The lowest BCUT2D eigenvalue weighted by Gasteiger charge is -2.10. The number of carbonyl (C=O) groups is 1. The predicted octanol–water partition coefficient (Wildman–Crippen LogP) is 2.34. The first-order chi connectivity index (χ1) is 8.34. The molecule has 1 unspecified atom stereocenters. The lowest BCUT2D eigenvalue weighted by Crippen LogP contribution is -2.29. The van der Waals surface area contributed by atoms with Crippen LogP contribution in [0.4, 0.5) is 4.79 Å². The van der Waals surface area contributed by atoms with E-state index in [4.69, 9.17) is 9.47 Å². The Bertz CT molecular complexity index is 347. The summed E-state index contributed by atoms with van der Waals surface area (Å²) in [4.78, 5) is 11.4. The molecule has 1 aromatic carbocycles. The summed E-state index contributed by atoms with van der Waals surface area (Å²) < 4.78 is 10.5. The Kier molecular flexibility index (Phi) is 4.38. The highest BCUT2D eigenvalue weighted by Crippen LogP contribution is 2.14. The number of para-hydroxylation sites is 1. The number of rotatable bonds is 4. The second-order valence-electron chi connectivity index (χ2n) is 4.05. The van der Waals surface area contributed by atoms with Crippen molar-refractivity contribution in [1.29, 1.82) is 0 Å². The molecule has 1 saturated heterocycles. The van der Waals surface area contributed by atoms with E-state index < -0.39 is 6.09 Å². The zero-order valence-electron chi connectivity index (χ0n) is 9.72. The molecule has 1 amide bonds. The van der Waals surface area contributed by atoms with Gasteiger partial charge in [0.15, 0.2) is 0 Å². The molecule has 4 heteroatoms. The Balaban J connectivity index is 1.64. The number of benzene rings is 1. The minimum Gasteiger partial charge on any atom is -0.410 e. The van der Waals surface area contributed by atoms with Gasteiger partial charge in [-0.2, -0.15) is 0 Å². The highest BCUT2D eigenvalue weighted by atomic mass is 16.6. The van der Waals surface area contributed by atoms with E-state index in [2.05, 4.69) is 5.32 Å². The van der Waals surface area contributed by atoms with Crippen molar-refractivity contribution in [1.82, 2.24) is 5.32 Å². The molecule has 0 aromatic heterocycles. The Morgan fingerprint density at radius 1 is 1.41 bits per heavy atom. The number of amides is 1. The molecule has 1 fully saturated rings. The van der Waals surface area contributed by atoms with Crippen LogP contribution in [0.5, 0.6) is 5.75 Å².